The molecule has 3 heterocycles. The number of thiophene rings is 1. The minimum Gasteiger partial charge on any atom is -0.381 e. The fourth-order valence-electron chi connectivity index (χ4n) is 2.75. The van der Waals surface area contributed by atoms with Crippen molar-refractivity contribution in [3.8, 4) is 0 Å². The van der Waals surface area contributed by atoms with Crippen LogP contribution in [0.15, 0.2) is 11.4 Å². The third kappa shape index (κ3) is 3.33. The zero-order valence-electron chi connectivity index (χ0n) is 12.6. The van der Waals surface area contributed by atoms with Crippen LogP contribution in [0.1, 0.15) is 25.6 Å². The molecular weight excluding hydrogens is 284 g/mol. The molecule has 0 aromatic carbocycles. The first-order valence-electron chi connectivity index (χ1n) is 7.54. The van der Waals surface area contributed by atoms with Crippen molar-refractivity contribution < 1.29 is 4.74 Å². The largest absolute Gasteiger partial charge is 0.381 e. The van der Waals surface area contributed by atoms with E-state index in [9.17, 15) is 0 Å². The van der Waals surface area contributed by atoms with Crippen molar-refractivity contribution in [1.82, 2.24) is 14.9 Å². The number of aromatic nitrogens is 2. The maximum Gasteiger partial charge on any atom is 0.146 e. The number of hydrogen-bond acceptors (Lipinski definition) is 6. The van der Waals surface area contributed by atoms with E-state index in [4.69, 9.17) is 14.7 Å². The zero-order chi connectivity index (χ0) is 14.7. The topological polar surface area (TPSA) is 50.3 Å². The SMILES string of the molecule is CCNc1nc(CN(C)C2CCOCC2)nc2sccc12. The Kier molecular flexibility index (Phi) is 4.67. The normalized spacial score (nSPS) is 16.7. The molecule has 0 aliphatic carbocycles. The minimum atomic E-state index is 0.573. The van der Waals surface area contributed by atoms with Gasteiger partial charge in [0.2, 0.25) is 0 Å². The summed E-state index contributed by atoms with van der Waals surface area (Å²) >= 11 is 1.67. The lowest BCUT2D eigenvalue weighted by molar-refractivity contribution is 0.0400. The third-order valence-electron chi connectivity index (χ3n) is 3.92. The third-order valence-corrected chi connectivity index (χ3v) is 4.73. The van der Waals surface area contributed by atoms with Gasteiger partial charge in [-0.3, -0.25) is 4.90 Å². The van der Waals surface area contributed by atoms with Crippen LogP contribution in [0.5, 0.6) is 0 Å². The molecule has 5 nitrogen and oxygen atoms in total. The highest BCUT2D eigenvalue weighted by Crippen LogP contribution is 2.25. The number of anilines is 1. The van der Waals surface area contributed by atoms with E-state index in [1.807, 2.05) is 0 Å². The maximum atomic E-state index is 5.43. The van der Waals surface area contributed by atoms with Crippen molar-refractivity contribution in [3.63, 3.8) is 0 Å². The monoisotopic (exact) mass is 306 g/mol. The van der Waals surface area contributed by atoms with Crippen LogP contribution in [0.25, 0.3) is 10.2 Å². The number of nitrogens with one attached hydrogen (secondary N) is 1. The molecule has 0 amide bonds. The molecule has 2 aromatic heterocycles. The van der Waals surface area contributed by atoms with E-state index in [0.717, 1.165) is 61.0 Å². The van der Waals surface area contributed by atoms with Crippen molar-refractivity contribution in [1.29, 1.82) is 0 Å². The quantitative estimate of drug-likeness (QED) is 0.920. The molecule has 21 heavy (non-hydrogen) atoms. The summed E-state index contributed by atoms with van der Waals surface area (Å²) in [5, 5.41) is 6.55. The number of fused-ring (bicyclic) bond motifs is 1. The van der Waals surface area contributed by atoms with Gasteiger partial charge in [-0.2, -0.15) is 0 Å². The van der Waals surface area contributed by atoms with Crippen molar-refractivity contribution in [2.75, 3.05) is 32.1 Å². The minimum absolute atomic E-state index is 0.573. The summed E-state index contributed by atoms with van der Waals surface area (Å²) in [6, 6.07) is 2.66. The van der Waals surface area contributed by atoms with Gasteiger partial charge in [0.15, 0.2) is 0 Å². The van der Waals surface area contributed by atoms with Crippen LogP contribution in [0.2, 0.25) is 0 Å². The second-order valence-electron chi connectivity index (χ2n) is 5.42. The number of hydrogen-bond donors (Lipinski definition) is 1. The molecule has 0 saturated carbocycles. The molecule has 6 heteroatoms. The Bertz CT molecular complexity index is 594. The van der Waals surface area contributed by atoms with Crippen molar-refractivity contribution in [3.05, 3.63) is 17.3 Å². The molecule has 1 aliphatic heterocycles. The number of nitrogens with zero attached hydrogens (tertiary/aromatic N) is 3. The molecule has 1 saturated heterocycles. The summed E-state index contributed by atoms with van der Waals surface area (Å²) in [4.78, 5) is 12.8. The lowest BCUT2D eigenvalue weighted by atomic mass is 10.1. The average Bonchev–Trinajstić information content (AvgIpc) is 2.97. The Morgan fingerprint density at radius 2 is 2.19 bits per heavy atom. The Labute approximate surface area is 129 Å². The van der Waals surface area contributed by atoms with Gasteiger partial charge in [-0.1, -0.05) is 0 Å². The highest BCUT2D eigenvalue weighted by atomic mass is 32.1. The van der Waals surface area contributed by atoms with E-state index in [1.165, 1.54) is 0 Å². The first-order chi connectivity index (χ1) is 10.3. The first kappa shape index (κ1) is 14.7. The molecule has 1 aliphatic rings. The van der Waals surface area contributed by atoms with Crippen molar-refractivity contribution in [2.45, 2.75) is 32.4 Å². The van der Waals surface area contributed by atoms with Crippen LogP contribution >= 0.6 is 11.3 Å². The molecule has 1 fully saturated rings. The van der Waals surface area contributed by atoms with E-state index in [1.54, 1.807) is 11.3 Å². The molecular formula is C15H22N4OS. The van der Waals surface area contributed by atoms with E-state index in [-0.39, 0.29) is 0 Å². The van der Waals surface area contributed by atoms with E-state index in [0.29, 0.717) is 6.04 Å². The second-order valence-corrected chi connectivity index (χ2v) is 6.31. The van der Waals surface area contributed by atoms with E-state index in [2.05, 4.69) is 35.6 Å². The molecule has 0 radical (unpaired) electrons. The molecule has 2 aromatic rings. The second kappa shape index (κ2) is 6.68. The summed E-state index contributed by atoms with van der Waals surface area (Å²) in [5.41, 5.74) is 0. The summed E-state index contributed by atoms with van der Waals surface area (Å²) < 4.78 is 5.43. The Hall–Kier alpha value is -1.24. The van der Waals surface area contributed by atoms with Gasteiger partial charge in [-0.05, 0) is 38.3 Å². The van der Waals surface area contributed by atoms with E-state index < -0.39 is 0 Å². The Morgan fingerprint density at radius 1 is 1.38 bits per heavy atom. The van der Waals surface area contributed by atoms with Crippen LogP contribution in [0.4, 0.5) is 5.82 Å². The van der Waals surface area contributed by atoms with Crippen LogP contribution in [0.3, 0.4) is 0 Å². The molecule has 0 spiro atoms. The highest BCUT2D eigenvalue weighted by Gasteiger charge is 2.20. The molecule has 1 N–H and O–H groups in total. The standard InChI is InChI=1S/C15H22N4OS/c1-3-16-14-12-6-9-21-15(12)18-13(17-14)10-19(2)11-4-7-20-8-5-11/h6,9,11H,3-5,7-8,10H2,1-2H3,(H,16,17,18). The van der Waals surface area contributed by atoms with Gasteiger partial charge < -0.3 is 10.1 Å². The average molecular weight is 306 g/mol. The lowest BCUT2D eigenvalue weighted by Crippen LogP contribution is -2.36. The Balaban J connectivity index is 1.79. The van der Waals surface area contributed by atoms with Gasteiger partial charge in [-0.15, -0.1) is 11.3 Å². The van der Waals surface area contributed by atoms with Crippen LogP contribution < -0.4 is 5.32 Å². The number of ether oxygens (including phenoxy) is 1. The summed E-state index contributed by atoms with van der Waals surface area (Å²) in [6.07, 6.45) is 2.19. The van der Waals surface area contributed by atoms with Crippen LogP contribution in [-0.4, -0.2) is 47.7 Å². The van der Waals surface area contributed by atoms with Gasteiger partial charge in [0.05, 0.1) is 11.9 Å². The van der Waals surface area contributed by atoms with Crippen LogP contribution in [0, 0.1) is 0 Å². The van der Waals surface area contributed by atoms with Crippen molar-refractivity contribution >= 4 is 27.4 Å². The molecule has 0 unspecified atom stereocenters. The van der Waals surface area contributed by atoms with Gasteiger partial charge >= 0.3 is 0 Å². The molecule has 0 atom stereocenters. The van der Waals surface area contributed by atoms with Gasteiger partial charge in [0.1, 0.15) is 16.5 Å². The fraction of sp³-hybridized carbons (Fsp3) is 0.600. The maximum absolute atomic E-state index is 5.43. The van der Waals surface area contributed by atoms with Crippen LogP contribution in [-0.2, 0) is 11.3 Å². The van der Waals surface area contributed by atoms with Gasteiger partial charge in [0, 0.05) is 25.8 Å². The Morgan fingerprint density at radius 3 is 2.95 bits per heavy atom. The van der Waals surface area contributed by atoms with Crippen molar-refractivity contribution in [2.24, 2.45) is 0 Å². The first-order valence-corrected chi connectivity index (χ1v) is 8.42. The predicted octanol–water partition coefficient (Wildman–Crippen LogP) is 2.73. The predicted molar refractivity (Wildman–Crippen MR) is 86.9 cm³/mol. The highest BCUT2D eigenvalue weighted by molar-refractivity contribution is 7.16. The van der Waals surface area contributed by atoms with E-state index >= 15 is 0 Å². The molecule has 0 bridgehead atoms. The summed E-state index contributed by atoms with van der Waals surface area (Å²) in [7, 11) is 2.16. The molecule has 3 rings (SSSR count). The summed E-state index contributed by atoms with van der Waals surface area (Å²) in [5.74, 6) is 1.86. The van der Waals surface area contributed by atoms with Gasteiger partial charge in [-0.25, -0.2) is 9.97 Å². The zero-order valence-corrected chi connectivity index (χ0v) is 13.4. The molecule has 114 valence electrons. The number of rotatable bonds is 5. The fourth-order valence-corrected chi connectivity index (χ4v) is 3.53. The smallest absolute Gasteiger partial charge is 0.146 e. The summed E-state index contributed by atoms with van der Waals surface area (Å²) in [6.45, 7) is 5.48. The lowest BCUT2D eigenvalue weighted by Gasteiger charge is -2.30. The van der Waals surface area contributed by atoms with Gasteiger partial charge in [0.25, 0.3) is 0 Å².